The smallest absolute Gasteiger partial charge is 0.339 e. The summed E-state index contributed by atoms with van der Waals surface area (Å²) in [5, 5.41) is 0. The fourth-order valence-corrected chi connectivity index (χ4v) is 1.45. The van der Waals surface area contributed by atoms with Crippen LogP contribution in [0.4, 0.5) is 0 Å². The molecule has 17 heavy (non-hydrogen) atoms. The van der Waals surface area contributed by atoms with Gasteiger partial charge in [-0.15, -0.1) is 0 Å². The van der Waals surface area contributed by atoms with E-state index in [4.69, 9.17) is 0 Å². The average molecular weight is 236 g/mol. The van der Waals surface area contributed by atoms with Crippen LogP contribution in [0, 0.1) is 0 Å². The number of hydrogen-bond donors (Lipinski definition) is 0. The third kappa shape index (κ3) is 2.69. The number of carbonyl (C=O) groups is 3. The first-order valence-corrected chi connectivity index (χ1v) is 4.87. The molecule has 5 heteroatoms. The van der Waals surface area contributed by atoms with Gasteiger partial charge in [0.25, 0.3) is 0 Å². The second-order valence-electron chi connectivity index (χ2n) is 3.21. The van der Waals surface area contributed by atoms with Gasteiger partial charge in [0, 0.05) is 5.57 Å². The van der Waals surface area contributed by atoms with Crippen LogP contribution in [0.2, 0.25) is 0 Å². The number of methoxy groups -OCH3 is 2. The number of esters is 2. The van der Waals surface area contributed by atoms with Crippen molar-refractivity contribution in [2.75, 3.05) is 14.2 Å². The summed E-state index contributed by atoms with van der Waals surface area (Å²) in [7, 11) is 2.39. The topological polar surface area (TPSA) is 69.7 Å². The zero-order valence-electron chi connectivity index (χ0n) is 9.56. The molecular formula is C12H12O5. The third-order valence-electron chi connectivity index (χ3n) is 2.26. The van der Waals surface area contributed by atoms with E-state index in [-0.39, 0.29) is 23.1 Å². The Labute approximate surface area is 98.4 Å². The van der Waals surface area contributed by atoms with Crippen LogP contribution in [-0.2, 0) is 23.9 Å². The first-order valence-electron chi connectivity index (χ1n) is 4.87. The molecular weight excluding hydrogens is 224 g/mol. The molecule has 0 saturated carbocycles. The molecule has 0 atom stereocenters. The van der Waals surface area contributed by atoms with Crippen LogP contribution in [0.15, 0.2) is 34.9 Å². The van der Waals surface area contributed by atoms with Gasteiger partial charge in [0.2, 0.25) is 0 Å². The number of allylic oxidation sites excluding steroid dienone is 4. The molecule has 0 radical (unpaired) electrons. The second kappa shape index (κ2) is 5.79. The van der Waals surface area contributed by atoms with Crippen molar-refractivity contribution in [3.63, 3.8) is 0 Å². The highest BCUT2D eigenvalue weighted by Crippen LogP contribution is 2.22. The highest BCUT2D eigenvalue weighted by atomic mass is 16.5. The monoisotopic (exact) mass is 236 g/mol. The largest absolute Gasteiger partial charge is 0.465 e. The molecule has 0 spiro atoms. The molecule has 0 heterocycles. The van der Waals surface area contributed by atoms with Gasteiger partial charge < -0.3 is 9.47 Å². The Bertz CT molecular complexity index is 440. The Balaban J connectivity index is 3.35. The van der Waals surface area contributed by atoms with Crippen LogP contribution in [0.3, 0.4) is 0 Å². The van der Waals surface area contributed by atoms with E-state index < -0.39 is 11.9 Å². The van der Waals surface area contributed by atoms with Gasteiger partial charge in [0.15, 0.2) is 0 Å². The van der Waals surface area contributed by atoms with Gasteiger partial charge in [-0.1, -0.05) is 12.2 Å². The van der Waals surface area contributed by atoms with Crippen LogP contribution in [-0.4, -0.2) is 32.4 Å². The lowest BCUT2D eigenvalue weighted by Gasteiger charge is -2.09. The predicted molar refractivity (Wildman–Crippen MR) is 59.0 cm³/mol. The summed E-state index contributed by atoms with van der Waals surface area (Å²) in [4.78, 5) is 34.1. The number of aldehydes is 1. The number of carbonyl (C=O) groups excluding carboxylic acids is 3. The van der Waals surface area contributed by atoms with Gasteiger partial charge in [0.1, 0.15) is 6.29 Å². The summed E-state index contributed by atoms with van der Waals surface area (Å²) in [6.07, 6.45) is 5.49. The molecule has 0 amide bonds. The first kappa shape index (κ1) is 12.9. The lowest BCUT2D eigenvalue weighted by atomic mass is 10.00. The fourth-order valence-electron chi connectivity index (χ4n) is 1.45. The van der Waals surface area contributed by atoms with Crippen molar-refractivity contribution >= 4 is 18.2 Å². The predicted octanol–water partition coefficient (Wildman–Crippen LogP) is 0.714. The molecule has 0 unspecified atom stereocenters. The van der Waals surface area contributed by atoms with Crippen LogP contribution < -0.4 is 0 Å². The van der Waals surface area contributed by atoms with E-state index >= 15 is 0 Å². The molecule has 0 aromatic heterocycles. The Morgan fingerprint density at radius 3 is 2.41 bits per heavy atom. The van der Waals surface area contributed by atoms with E-state index in [0.717, 1.165) is 0 Å². The molecule has 0 aliphatic heterocycles. The normalized spacial score (nSPS) is 14.8. The Morgan fingerprint density at radius 2 is 1.88 bits per heavy atom. The fraction of sp³-hybridized carbons (Fsp3) is 0.250. The van der Waals surface area contributed by atoms with Gasteiger partial charge in [-0.3, -0.25) is 4.79 Å². The molecule has 0 N–H and O–H groups in total. The van der Waals surface area contributed by atoms with Crippen LogP contribution in [0.1, 0.15) is 6.42 Å². The Kier molecular flexibility index (Phi) is 4.39. The number of rotatable bonds is 3. The van der Waals surface area contributed by atoms with E-state index in [1.807, 2.05) is 0 Å². The van der Waals surface area contributed by atoms with Gasteiger partial charge in [0.05, 0.1) is 25.4 Å². The van der Waals surface area contributed by atoms with Gasteiger partial charge in [-0.2, -0.15) is 0 Å². The molecule has 1 aliphatic rings. The van der Waals surface area contributed by atoms with Crippen molar-refractivity contribution in [2.45, 2.75) is 6.42 Å². The molecule has 1 rings (SSSR count). The van der Waals surface area contributed by atoms with Crippen molar-refractivity contribution in [3.05, 3.63) is 34.9 Å². The molecule has 0 aromatic carbocycles. The minimum absolute atomic E-state index is 0.0233. The quantitative estimate of drug-likeness (QED) is 0.533. The van der Waals surface area contributed by atoms with Crippen molar-refractivity contribution in [2.24, 2.45) is 0 Å². The zero-order chi connectivity index (χ0) is 12.8. The van der Waals surface area contributed by atoms with E-state index in [1.165, 1.54) is 20.3 Å². The lowest BCUT2D eigenvalue weighted by molar-refractivity contribution is -0.139. The Hall–Kier alpha value is -2.17. The van der Waals surface area contributed by atoms with E-state index in [1.54, 1.807) is 12.2 Å². The van der Waals surface area contributed by atoms with Crippen molar-refractivity contribution in [1.29, 1.82) is 0 Å². The SMILES string of the molecule is COC(=O)C1=CC=CCC(C=O)=C1C(=O)OC. The summed E-state index contributed by atoms with van der Waals surface area (Å²) >= 11 is 0. The molecule has 0 fully saturated rings. The highest BCUT2D eigenvalue weighted by molar-refractivity contribution is 6.10. The molecule has 90 valence electrons. The van der Waals surface area contributed by atoms with Crippen LogP contribution in [0.25, 0.3) is 0 Å². The van der Waals surface area contributed by atoms with Crippen molar-refractivity contribution < 1.29 is 23.9 Å². The minimum Gasteiger partial charge on any atom is -0.465 e. The second-order valence-corrected chi connectivity index (χ2v) is 3.21. The molecule has 1 aliphatic carbocycles. The lowest BCUT2D eigenvalue weighted by Crippen LogP contribution is -2.17. The first-order chi connectivity index (χ1) is 8.15. The van der Waals surface area contributed by atoms with Crippen molar-refractivity contribution in [3.8, 4) is 0 Å². The molecule has 0 bridgehead atoms. The van der Waals surface area contributed by atoms with E-state index in [0.29, 0.717) is 6.29 Å². The third-order valence-corrected chi connectivity index (χ3v) is 2.26. The summed E-state index contributed by atoms with van der Waals surface area (Å²) in [6.45, 7) is 0. The molecule has 0 aromatic rings. The maximum atomic E-state index is 11.6. The molecule has 5 nitrogen and oxygen atoms in total. The maximum absolute atomic E-state index is 11.6. The summed E-state index contributed by atoms with van der Waals surface area (Å²) < 4.78 is 9.13. The van der Waals surface area contributed by atoms with E-state index in [9.17, 15) is 14.4 Å². The van der Waals surface area contributed by atoms with Gasteiger partial charge >= 0.3 is 11.9 Å². The van der Waals surface area contributed by atoms with Crippen LogP contribution in [0.5, 0.6) is 0 Å². The Morgan fingerprint density at radius 1 is 1.24 bits per heavy atom. The van der Waals surface area contributed by atoms with E-state index in [2.05, 4.69) is 9.47 Å². The minimum atomic E-state index is -0.729. The molecule has 0 saturated heterocycles. The van der Waals surface area contributed by atoms with Crippen molar-refractivity contribution in [1.82, 2.24) is 0 Å². The highest BCUT2D eigenvalue weighted by Gasteiger charge is 2.26. The summed E-state index contributed by atoms with van der Waals surface area (Å²) in [5.41, 5.74) is 0.178. The van der Waals surface area contributed by atoms with Crippen LogP contribution >= 0.6 is 0 Å². The van der Waals surface area contributed by atoms with Gasteiger partial charge in [-0.05, 0) is 12.5 Å². The zero-order valence-corrected chi connectivity index (χ0v) is 9.56. The van der Waals surface area contributed by atoms with Gasteiger partial charge in [-0.25, -0.2) is 9.59 Å². The number of ether oxygens (including phenoxy) is 2. The standard InChI is InChI=1S/C12H12O5/c1-16-11(14)9-6-4-3-5-8(7-13)10(9)12(15)17-2/h3-4,6-7H,5H2,1-2H3. The summed E-state index contributed by atoms with van der Waals surface area (Å²) in [5.74, 6) is -1.41. The average Bonchev–Trinajstić information content (AvgIpc) is 2.58. The number of hydrogen-bond acceptors (Lipinski definition) is 5. The maximum Gasteiger partial charge on any atom is 0.339 e. The summed E-state index contributed by atoms with van der Waals surface area (Å²) in [6, 6.07) is 0.